The Morgan fingerprint density at radius 2 is 2.10 bits per heavy atom. The molecule has 9 heteroatoms. The Morgan fingerprint density at radius 3 is 2.80 bits per heavy atom. The van der Waals surface area contributed by atoms with E-state index in [2.05, 4.69) is 20.5 Å². The van der Waals surface area contributed by atoms with Gasteiger partial charge in [-0.2, -0.15) is 5.10 Å². The molecule has 20 heavy (non-hydrogen) atoms. The average Bonchev–Trinajstić information content (AvgIpc) is 2.65. The van der Waals surface area contributed by atoms with E-state index in [1.54, 1.807) is 4.90 Å². The van der Waals surface area contributed by atoms with Crippen LogP contribution in [0, 0.1) is 0 Å². The second-order valence-corrected chi connectivity index (χ2v) is 4.41. The van der Waals surface area contributed by atoms with Gasteiger partial charge >= 0.3 is 12.0 Å². The second-order valence-electron chi connectivity index (χ2n) is 4.41. The average molecular weight is 280 g/mol. The first kappa shape index (κ1) is 14.1. The first-order valence-electron chi connectivity index (χ1n) is 6.29. The Bertz CT molecular complexity index is 468. The topological polar surface area (TPSA) is 112 Å². The number of anilines is 1. The summed E-state index contributed by atoms with van der Waals surface area (Å²) in [6, 6.07) is -0.296. The Morgan fingerprint density at radius 1 is 1.25 bits per heavy atom. The van der Waals surface area contributed by atoms with E-state index in [4.69, 9.17) is 5.11 Å². The summed E-state index contributed by atoms with van der Waals surface area (Å²) in [5.41, 5.74) is 0. The lowest BCUT2D eigenvalue weighted by molar-refractivity contribution is -0.138. The van der Waals surface area contributed by atoms with E-state index in [1.165, 1.54) is 12.4 Å². The highest BCUT2D eigenvalue weighted by Crippen LogP contribution is 2.05. The van der Waals surface area contributed by atoms with Crippen molar-refractivity contribution in [2.75, 3.05) is 38.0 Å². The monoisotopic (exact) mass is 280 g/mol. The summed E-state index contributed by atoms with van der Waals surface area (Å²) in [5.74, 6) is -0.698. The molecule has 0 saturated carbocycles. The minimum Gasteiger partial charge on any atom is -0.480 e. The Balaban J connectivity index is 1.86. The first-order chi connectivity index (χ1) is 9.65. The molecule has 1 aromatic rings. The van der Waals surface area contributed by atoms with Crippen LogP contribution in [0.1, 0.15) is 6.42 Å². The number of carboxylic acid groups (broad SMARTS) is 1. The van der Waals surface area contributed by atoms with E-state index >= 15 is 0 Å². The largest absolute Gasteiger partial charge is 0.480 e. The van der Waals surface area contributed by atoms with E-state index in [0.29, 0.717) is 26.2 Å². The number of rotatable bonds is 3. The summed E-state index contributed by atoms with van der Waals surface area (Å²) in [6.07, 6.45) is 3.60. The fourth-order valence-electron chi connectivity index (χ4n) is 2.00. The van der Waals surface area contributed by atoms with Crippen LogP contribution >= 0.6 is 0 Å². The molecule has 0 radical (unpaired) electrons. The van der Waals surface area contributed by atoms with Gasteiger partial charge in [0.1, 0.15) is 0 Å². The number of aromatic nitrogens is 3. The van der Waals surface area contributed by atoms with Crippen LogP contribution in [-0.4, -0.2) is 74.8 Å². The molecule has 1 aliphatic rings. The van der Waals surface area contributed by atoms with Crippen molar-refractivity contribution in [1.29, 1.82) is 0 Å². The standard InChI is InChI=1S/C11H16N6O3/c18-9(19)8-16-4-1-5-17(7-6-16)11(20)14-10-12-2-3-13-15-10/h2-3H,1,4-8H2,(H,18,19)(H,12,14,15,20). The van der Waals surface area contributed by atoms with E-state index < -0.39 is 5.97 Å². The van der Waals surface area contributed by atoms with Crippen LogP contribution in [0.3, 0.4) is 0 Å². The molecule has 0 aliphatic carbocycles. The zero-order chi connectivity index (χ0) is 14.4. The van der Waals surface area contributed by atoms with Gasteiger partial charge in [0.15, 0.2) is 0 Å². The van der Waals surface area contributed by atoms with Crippen LogP contribution in [0.4, 0.5) is 10.7 Å². The molecule has 1 aliphatic heterocycles. The number of urea groups is 1. The number of carboxylic acids is 1. The maximum absolute atomic E-state index is 12.0. The highest BCUT2D eigenvalue weighted by molar-refractivity contribution is 5.87. The summed E-state index contributed by atoms with van der Waals surface area (Å²) in [4.78, 5) is 30.0. The molecule has 0 spiro atoms. The third kappa shape index (κ3) is 4.12. The number of carbonyl (C=O) groups is 2. The fraction of sp³-hybridized carbons (Fsp3) is 0.545. The third-order valence-electron chi connectivity index (χ3n) is 2.94. The predicted octanol–water partition coefficient (Wildman–Crippen LogP) is -0.504. The number of nitrogens with zero attached hydrogens (tertiary/aromatic N) is 5. The maximum atomic E-state index is 12.0. The zero-order valence-electron chi connectivity index (χ0n) is 10.9. The van der Waals surface area contributed by atoms with Gasteiger partial charge in [-0.05, 0) is 6.42 Å². The van der Waals surface area contributed by atoms with Gasteiger partial charge in [-0.3, -0.25) is 15.0 Å². The quantitative estimate of drug-likeness (QED) is 0.767. The molecule has 2 N–H and O–H groups in total. The molecule has 0 atom stereocenters. The van der Waals surface area contributed by atoms with Gasteiger partial charge in [-0.1, -0.05) is 0 Å². The number of aliphatic carboxylic acids is 1. The lowest BCUT2D eigenvalue weighted by Crippen LogP contribution is -2.39. The van der Waals surface area contributed by atoms with E-state index in [-0.39, 0.29) is 18.5 Å². The fourth-order valence-corrected chi connectivity index (χ4v) is 2.00. The van der Waals surface area contributed by atoms with Gasteiger partial charge in [-0.25, -0.2) is 9.78 Å². The van der Waals surface area contributed by atoms with E-state index in [0.717, 1.165) is 6.42 Å². The molecule has 9 nitrogen and oxygen atoms in total. The zero-order valence-corrected chi connectivity index (χ0v) is 10.9. The third-order valence-corrected chi connectivity index (χ3v) is 2.94. The van der Waals surface area contributed by atoms with Crippen LogP contribution in [0.5, 0.6) is 0 Å². The van der Waals surface area contributed by atoms with Crippen LogP contribution in [0.25, 0.3) is 0 Å². The van der Waals surface area contributed by atoms with E-state index in [1.807, 2.05) is 4.90 Å². The smallest absolute Gasteiger partial charge is 0.324 e. The molecule has 2 rings (SSSR count). The van der Waals surface area contributed by atoms with Crippen molar-refractivity contribution in [3.8, 4) is 0 Å². The number of nitrogens with one attached hydrogen (secondary N) is 1. The van der Waals surface area contributed by atoms with Crippen LogP contribution in [0.2, 0.25) is 0 Å². The van der Waals surface area contributed by atoms with Crippen molar-refractivity contribution >= 4 is 17.9 Å². The Hall–Kier alpha value is -2.29. The Labute approximate surface area is 115 Å². The summed E-state index contributed by atoms with van der Waals surface area (Å²) < 4.78 is 0. The maximum Gasteiger partial charge on any atom is 0.324 e. The SMILES string of the molecule is O=C(O)CN1CCCN(C(=O)Nc2nccnn2)CC1. The number of amides is 2. The summed E-state index contributed by atoms with van der Waals surface area (Å²) in [7, 11) is 0. The van der Waals surface area contributed by atoms with Crippen molar-refractivity contribution in [3.63, 3.8) is 0 Å². The van der Waals surface area contributed by atoms with Gasteiger partial charge in [0, 0.05) is 26.2 Å². The molecule has 1 fully saturated rings. The number of hydrogen-bond donors (Lipinski definition) is 2. The molecule has 2 heterocycles. The van der Waals surface area contributed by atoms with Crippen LogP contribution in [0.15, 0.2) is 12.4 Å². The molecule has 0 bridgehead atoms. The normalized spacial score (nSPS) is 16.5. The molecule has 1 aromatic heterocycles. The highest BCUT2D eigenvalue weighted by Gasteiger charge is 2.20. The van der Waals surface area contributed by atoms with Gasteiger partial charge < -0.3 is 10.0 Å². The van der Waals surface area contributed by atoms with Gasteiger partial charge in [0.25, 0.3) is 5.95 Å². The molecule has 0 unspecified atom stereocenters. The van der Waals surface area contributed by atoms with Crippen LogP contribution in [-0.2, 0) is 4.79 Å². The van der Waals surface area contributed by atoms with Gasteiger partial charge in [0.2, 0.25) is 0 Å². The number of hydrogen-bond acceptors (Lipinski definition) is 6. The van der Waals surface area contributed by atoms with Crippen molar-refractivity contribution in [3.05, 3.63) is 12.4 Å². The lowest BCUT2D eigenvalue weighted by atomic mass is 10.4. The molecule has 1 saturated heterocycles. The van der Waals surface area contributed by atoms with E-state index in [9.17, 15) is 9.59 Å². The highest BCUT2D eigenvalue weighted by atomic mass is 16.4. The Kier molecular flexibility index (Phi) is 4.77. The minimum absolute atomic E-state index is 0.00117. The van der Waals surface area contributed by atoms with Gasteiger partial charge in [-0.15, -0.1) is 5.10 Å². The van der Waals surface area contributed by atoms with Crippen molar-refractivity contribution in [2.24, 2.45) is 0 Å². The molecule has 2 amide bonds. The summed E-state index contributed by atoms with van der Waals surface area (Å²) in [5, 5.41) is 18.6. The van der Waals surface area contributed by atoms with Gasteiger partial charge in [0.05, 0.1) is 18.9 Å². The number of carbonyl (C=O) groups excluding carboxylic acids is 1. The summed E-state index contributed by atoms with van der Waals surface area (Å²) in [6.45, 7) is 2.25. The van der Waals surface area contributed by atoms with Crippen molar-refractivity contribution in [2.45, 2.75) is 6.42 Å². The van der Waals surface area contributed by atoms with Crippen molar-refractivity contribution < 1.29 is 14.7 Å². The lowest BCUT2D eigenvalue weighted by Gasteiger charge is -2.20. The molecule has 108 valence electrons. The second kappa shape index (κ2) is 6.75. The molecule has 0 aromatic carbocycles. The van der Waals surface area contributed by atoms with Crippen molar-refractivity contribution in [1.82, 2.24) is 25.0 Å². The molecular formula is C11H16N6O3. The minimum atomic E-state index is -0.855. The van der Waals surface area contributed by atoms with Crippen LogP contribution < -0.4 is 5.32 Å². The predicted molar refractivity (Wildman–Crippen MR) is 69.1 cm³/mol. The molecular weight excluding hydrogens is 264 g/mol. The summed E-state index contributed by atoms with van der Waals surface area (Å²) >= 11 is 0. The first-order valence-corrected chi connectivity index (χ1v) is 6.29.